The van der Waals surface area contributed by atoms with E-state index in [4.69, 9.17) is 4.42 Å². The molecule has 12 heteroatoms. The van der Waals surface area contributed by atoms with Crippen molar-refractivity contribution in [2.24, 2.45) is 7.05 Å². The summed E-state index contributed by atoms with van der Waals surface area (Å²) in [5.41, 5.74) is 2.35. The summed E-state index contributed by atoms with van der Waals surface area (Å²) in [7, 11) is 1.80. The summed E-state index contributed by atoms with van der Waals surface area (Å²) >= 11 is 1.17. The fraction of sp³-hybridized carbons (Fsp3) is 0.136. The van der Waals surface area contributed by atoms with E-state index in [1.54, 1.807) is 41.9 Å². The molecule has 0 fully saturated rings. The van der Waals surface area contributed by atoms with Gasteiger partial charge in [-0.2, -0.15) is 0 Å². The van der Waals surface area contributed by atoms with E-state index >= 15 is 0 Å². The lowest BCUT2D eigenvalue weighted by molar-refractivity contribution is -0.274. The molecular formula is C22H16F3N5O3S. The lowest BCUT2D eigenvalue weighted by Crippen LogP contribution is -2.22. The number of nitrogens with one attached hydrogen (secondary N) is 2. The molecule has 0 aliphatic carbocycles. The molecule has 0 bridgehead atoms. The van der Waals surface area contributed by atoms with Crippen molar-refractivity contribution in [1.82, 2.24) is 19.9 Å². The number of amides is 1. The molecule has 0 saturated carbocycles. The Bertz CT molecular complexity index is 1490. The number of fused-ring (bicyclic) bond motifs is 2. The third-order valence-electron chi connectivity index (χ3n) is 4.96. The van der Waals surface area contributed by atoms with Crippen LogP contribution in [0.1, 0.15) is 16.1 Å². The highest BCUT2D eigenvalue weighted by molar-refractivity contribution is 7.22. The average molecular weight is 487 g/mol. The van der Waals surface area contributed by atoms with E-state index in [2.05, 4.69) is 25.3 Å². The zero-order valence-corrected chi connectivity index (χ0v) is 18.3. The van der Waals surface area contributed by atoms with E-state index in [-0.39, 0.29) is 18.2 Å². The number of ether oxygens (including phenoxy) is 1. The van der Waals surface area contributed by atoms with Crippen molar-refractivity contribution in [1.29, 1.82) is 0 Å². The van der Waals surface area contributed by atoms with Crippen LogP contribution in [0.25, 0.3) is 21.3 Å². The highest BCUT2D eigenvalue weighted by Gasteiger charge is 2.31. The normalized spacial score (nSPS) is 11.8. The summed E-state index contributed by atoms with van der Waals surface area (Å²) in [6, 6.07) is 12.6. The standard InChI is InChI=1S/C22H16F3N5O3S/c1-30-17-7-4-12(19(31)26-11-14-3-2-8-32-14)9-16(17)27-20(30)29-21-28-15-6-5-13(10-18(15)34-21)33-22(23,24)25/h2-10H,11H2,1H3,(H,26,31)(H,27,28,29). The highest BCUT2D eigenvalue weighted by Crippen LogP contribution is 2.33. The van der Waals surface area contributed by atoms with Gasteiger partial charge >= 0.3 is 6.36 Å². The van der Waals surface area contributed by atoms with E-state index in [1.165, 1.54) is 35.8 Å². The maximum Gasteiger partial charge on any atom is 0.573 e. The number of thiazole rings is 1. The van der Waals surface area contributed by atoms with Crippen molar-refractivity contribution in [2.75, 3.05) is 5.32 Å². The van der Waals surface area contributed by atoms with Crippen molar-refractivity contribution >= 4 is 49.6 Å². The van der Waals surface area contributed by atoms with Gasteiger partial charge in [0.1, 0.15) is 11.5 Å². The second-order valence-corrected chi connectivity index (χ2v) is 8.31. The molecule has 174 valence electrons. The summed E-state index contributed by atoms with van der Waals surface area (Å²) in [4.78, 5) is 21.4. The Labute approximate surface area is 194 Å². The molecule has 3 heterocycles. The van der Waals surface area contributed by atoms with Crippen LogP contribution in [-0.4, -0.2) is 26.8 Å². The van der Waals surface area contributed by atoms with Crippen LogP contribution >= 0.6 is 11.3 Å². The van der Waals surface area contributed by atoms with Crippen LogP contribution in [-0.2, 0) is 13.6 Å². The van der Waals surface area contributed by atoms with Gasteiger partial charge in [-0.3, -0.25) is 4.79 Å². The topological polar surface area (TPSA) is 94.2 Å². The van der Waals surface area contributed by atoms with E-state index in [9.17, 15) is 18.0 Å². The Hall–Kier alpha value is -4.06. The molecule has 5 aromatic rings. The molecule has 3 aromatic heterocycles. The summed E-state index contributed by atoms with van der Waals surface area (Å²) in [5.74, 6) is 0.540. The lowest BCUT2D eigenvalue weighted by Gasteiger charge is -2.07. The Morgan fingerprint density at radius 3 is 2.76 bits per heavy atom. The van der Waals surface area contributed by atoms with Gasteiger partial charge in [0.25, 0.3) is 5.91 Å². The Morgan fingerprint density at radius 2 is 2.00 bits per heavy atom. The summed E-state index contributed by atoms with van der Waals surface area (Å²) in [5, 5.41) is 6.34. The molecule has 0 atom stereocenters. The number of anilines is 2. The second-order valence-electron chi connectivity index (χ2n) is 7.28. The van der Waals surface area contributed by atoms with Crippen LogP contribution in [0.4, 0.5) is 24.3 Å². The van der Waals surface area contributed by atoms with Gasteiger partial charge in [-0.15, -0.1) is 13.2 Å². The Kier molecular flexibility index (Phi) is 5.36. The Balaban J connectivity index is 1.35. The van der Waals surface area contributed by atoms with Crippen LogP contribution in [0.2, 0.25) is 0 Å². The quantitative estimate of drug-likeness (QED) is 0.335. The predicted octanol–water partition coefficient (Wildman–Crippen LogP) is 5.35. The summed E-state index contributed by atoms with van der Waals surface area (Å²) < 4.78 is 48.9. The fourth-order valence-corrected chi connectivity index (χ4v) is 4.27. The molecule has 0 unspecified atom stereocenters. The monoisotopic (exact) mass is 487 g/mol. The van der Waals surface area contributed by atoms with Crippen LogP contribution in [0.5, 0.6) is 5.75 Å². The first-order chi connectivity index (χ1) is 16.2. The number of benzene rings is 2. The number of carbonyl (C=O) groups excluding carboxylic acids is 1. The maximum absolute atomic E-state index is 12.5. The zero-order valence-electron chi connectivity index (χ0n) is 17.5. The first-order valence-corrected chi connectivity index (χ1v) is 10.8. The van der Waals surface area contributed by atoms with E-state index in [1.807, 2.05) is 0 Å². The molecule has 0 saturated heterocycles. The second kappa shape index (κ2) is 8.37. The minimum atomic E-state index is -4.76. The first-order valence-electron chi connectivity index (χ1n) is 9.95. The Morgan fingerprint density at radius 1 is 1.15 bits per heavy atom. The van der Waals surface area contributed by atoms with Gasteiger partial charge in [-0.05, 0) is 42.5 Å². The average Bonchev–Trinajstić information content (AvgIpc) is 3.50. The van der Waals surface area contributed by atoms with E-state index in [0.29, 0.717) is 38.1 Å². The third kappa shape index (κ3) is 4.53. The number of furan rings is 1. The van der Waals surface area contributed by atoms with Gasteiger partial charge < -0.3 is 24.4 Å². The minimum Gasteiger partial charge on any atom is -0.467 e. The molecular weight excluding hydrogens is 471 g/mol. The molecule has 8 nitrogen and oxygen atoms in total. The molecule has 0 radical (unpaired) electrons. The number of imidazole rings is 1. The number of alkyl halides is 3. The molecule has 0 aliphatic heterocycles. The zero-order chi connectivity index (χ0) is 23.9. The van der Waals surface area contributed by atoms with Crippen LogP contribution < -0.4 is 15.4 Å². The largest absolute Gasteiger partial charge is 0.573 e. The highest BCUT2D eigenvalue weighted by atomic mass is 32.1. The van der Waals surface area contributed by atoms with Crippen LogP contribution in [0, 0.1) is 0 Å². The number of nitrogens with zero attached hydrogens (tertiary/aromatic N) is 3. The predicted molar refractivity (Wildman–Crippen MR) is 120 cm³/mol. The van der Waals surface area contributed by atoms with Crippen LogP contribution in [0.3, 0.4) is 0 Å². The van der Waals surface area contributed by atoms with E-state index < -0.39 is 6.36 Å². The number of halogens is 3. The molecule has 0 spiro atoms. The van der Waals surface area contributed by atoms with Gasteiger partial charge in [0.05, 0.1) is 34.1 Å². The molecule has 0 aliphatic rings. The molecule has 5 rings (SSSR count). The van der Waals surface area contributed by atoms with Crippen LogP contribution in [0.15, 0.2) is 59.2 Å². The molecule has 2 N–H and O–H groups in total. The summed E-state index contributed by atoms with van der Waals surface area (Å²) in [6.45, 7) is 0.270. The fourth-order valence-electron chi connectivity index (χ4n) is 3.39. The minimum absolute atomic E-state index is 0.262. The lowest BCUT2D eigenvalue weighted by atomic mass is 10.2. The number of hydrogen-bond acceptors (Lipinski definition) is 7. The SMILES string of the molecule is Cn1c(Nc2nc3ccc(OC(F)(F)F)cc3s2)nc2cc(C(=O)NCc3ccco3)ccc21. The molecule has 34 heavy (non-hydrogen) atoms. The van der Waals surface area contributed by atoms with E-state index in [0.717, 1.165) is 5.52 Å². The maximum atomic E-state index is 12.5. The number of carbonyl (C=O) groups is 1. The van der Waals surface area contributed by atoms with Crippen molar-refractivity contribution in [3.8, 4) is 5.75 Å². The third-order valence-corrected chi connectivity index (χ3v) is 5.89. The molecule has 2 aromatic carbocycles. The van der Waals surface area contributed by atoms with Gasteiger partial charge in [-0.1, -0.05) is 11.3 Å². The smallest absolute Gasteiger partial charge is 0.467 e. The van der Waals surface area contributed by atoms with Gasteiger partial charge in [0.15, 0.2) is 5.13 Å². The van der Waals surface area contributed by atoms with Crippen molar-refractivity contribution in [3.63, 3.8) is 0 Å². The van der Waals surface area contributed by atoms with Gasteiger partial charge in [-0.25, -0.2) is 9.97 Å². The van der Waals surface area contributed by atoms with Crippen molar-refractivity contribution in [3.05, 3.63) is 66.1 Å². The number of hydrogen-bond donors (Lipinski definition) is 2. The van der Waals surface area contributed by atoms with Crippen molar-refractivity contribution in [2.45, 2.75) is 12.9 Å². The van der Waals surface area contributed by atoms with Gasteiger partial charge in [0.2, 0.25) is 5.95 Å². The van der Waals surface area contributed by atoms with Gasteiger partial charge in [0, 0.05) is 18.7 Å². The van der Waals surface area contributed by atoms with Crippen molar-refractivity contribution < 1.29 is 27.1 Å². The number of aryl methyl sites for hydroxylation is 1. The number of rotatable bonds is 6. The summed E-state index contributed by atoms with van der Waals surface area (Å²) in [6.07, 6.45) is -3.22. The molecule has 1 amide bonds. The first kappa shape index (κ1) is 21.8. The number of aromatic nitrogens is 3.